The summed E-state index contributed by atoms with van der Waals surface area (Å²) in [5.41, 5.74) is -0.409. The van der Waals surface area contributed by atoms with E-state index >= 15 is 0 Å². The molecule has 0 rings (SSSR count). The minimum Gasteiger partial charge on any atom is -0.391 e. The van der Waals surface area contributed by atoms with Crippen molar-refractivity contribution in [3.63, 3.8) is 0 Å². The van der Waals surface area contributed by atoms with E-state index in [4.69, 9.17) is 0 Å². The van der Waals surface area contributed by atoms with Gasteiger partial charge in [0, 0.05) is 19.4 Å². The summed E-state index contributed by atoms with van der Waals surface area (Å²) in [5.74, 6) is 0.339. The fourth-order valence-corrected chi connectivity index (χ4v) is 2.11. The highest BCUT2D eigenvalue weighted by Gasteiger charge is 2.20. The first kappa shape index (κ1) is 24.4. The lowest BCUT2D eigenvalue weighted by molar-refractivity contribution is -0.118. The van der Waals surface area contributed by atoms with Crippen molar-refractivity contribution in [2.24, 2.45) is 0 Å². The van der Waals surface area contributed by atoms with Gasteiger partial charge < -0.3 is 15.7 Å². The third-order valence-electron chi connectivity index (χ3n) is 4.05. The molecule has 0 radical (unpaired) electrons. The summed E-state index contributed by atoms with van der Waals surface area (Å²) in [5, 5.41) is 16.2. The van der Waals surface area contributed by atoms with E-state index in [1.54, 1.807) is 6.20 Å². The van der Waals surface area contributed by atoms with E-state index in [0.717, 1.165) is 51.7 Å². The van der Waals surface area contributed by atoms with E-state index in [1.165, 1.54) is 6.42 Å². The van der Waals surface area contributed by atoms with E-state index < -0.39 is 5.60 Å². The van der Waals surface area contributed by atoms with E-state index in [1.807, 2.05) is 6.92 Å². The van der Waals surface area contributed by atoms with Gasteiger partial charge >= 0.3 is 0 Å². The Labute approximate surface area is 144 Å². The van der Waals surface area contributed by atoms with Crippen LogP contribution >= 0.6 is 0 Å². The number of carbonyl (C=O) groups excluding carboxylic acids is 1. The largest absolute Gasteiger partial charge is 0.391 e. The molecule has 0 saturated carbocycles. The number of aliphatic hydroxyl groups is 1. The molecule has 3 N–H and O–H groups in total. The quantitative estimate of drug-likeness (QED) is 0.425. The maximum Gasteiger partial charge on any atom is 0.132 e. The Morgan fingerprint density at radius 3 is 2.22 bits per heavy atom. The molecule has 0 heterocycles. The molecule has 0 aromatic rings. The lowest BCUT2D eigenvalue weighted by Gasteiger charge is -2.24. The fraction of sp³-hybridized carbons (Fsp3) is 0.842. The maximum atomic E-state index is 10.7. The van der Waals surface area contributed by atoms with Gasteiger partial charge in [-0.05, 0) is 57.8 Å². The topological polar surface area (TPSA) is 61.4 Å². The van der Waals surface area contributed by atoms with Crippen molar-refractivity contribution < 1.29 is 9.90 Å². The molecule has 0 aliphatic carbocycles. The first-order chi connectivity index (χ1) is 11.0. The third-order valence-corrected chi connectivity index (χ3v) is 4.05. The van der Waals surface area contributed by atoms with Crippen LogP contribution in [0.15, 0.2) is 12.8 Å². The molecule has 0 aliphatic rings. The average molecular weight is 329 g/mol. The van der Waals surface area contributed by atoms with Crippen LogP contribution in [0.25, 0.3) is 0 Å². The van der Waals surface area contributed by atoms with Crippen molar-refractivity contribution in [3.8, 4) is 0 Å². The molecule has 0 aromatic heterocycles. The molecule has 0 spiro atoms. The Hall–Kier alpha value is -0.870. The van der Waals surface area contributed by atoms with Crippen molar-refractivity contribution in [2.75, 3.05) is 19.6 Å². The van der Waals surface area contributed by atoms with E-state index in [0.29, 0.717) is 18.6 Å². The molecule has 4 heteroatoms. The number of ketones is 1. The molecule has 138 valence electrons. The SMILES string of the molecule is C=CNCCCC(=O)CC.CCCNCCCC(O)(CC)CC. The van der Waals surface area contributed by atoms with Gasteiger partial charge in [-0.3, -0.25) is 4.79 Å². The molecular formula is C19H40N2O2. The van der Waals surface area contributed by atoms with Gasteiger partial charge in [-0.15, -0.1) is 0 Å². The van der Waals surface area contributed by atoms with Crippen LogP contribution in [0.3, 0.4) is 0 Å². The lowest BCUT2D eigenvalue weighted by atomic mass is 9.92. The van der Waals surface area contributed by atoms with Crippen molar-refractivity contribution in [2.45, 2.75) is 84.7 Å². The van der Waals surface area contributed by atoms with Crippen LogP contribution in [0.2, 0.25) is 0 Å². The number of rotatable bonds is 14. The van der Waals surface area contributed by atoms with Gasteiger partial charge in [-0.1, -0.05) is 34.3 Å². The van der Waals surface area contributed by atoms with E-state index in [-0.39, 0.29) is 0 Å². The molecule has 0 unspecified atom stereocenters. The zero-order chi connectivity index (χ0) is 18.0. The van der Waals surface area contributed by atoms with Gasteiger partial charge in [0.2, 0.25) is 0 Å². The standard InChI is InChI=1S/C11H25NO.C8H15NO/c1-4-9-12-10-7-8-11(13,5-2)6-3;1-3-8(10)6-5-7-9-4-2/h12-13H,4-10H2,1-3H3;4,9H,2-3,5-7H2,1H3. The minimum atomic E-state index is -0.409. The normalized spacial score (nSPS) is 10.7. The molecule has 0 saturated heterocycles. The molecule has 0 aromatic carbocycles. The summed E-state index contributed by atoms with van der Waals surface area (Å²) in [6, 6.07) is 0. The number of Topliss-reactive ketones (excluding diaryl/α,β-unsaturated/α-hetero) is 1. The van der Waals surface area contributed by atoms with Crippen LogP contribution in [-0.4, -0.2) is 36.1 Å². The van der Waals surface area contributed by atoms with Crippen LogP contribution < -0.4 is 10.6 Å². The zero-order valence-electron chi connectivity index (χ0n) is 15.9. The second kappa shape index (κ2) is 17.5. The maximum absolute atomic E-state index is 10.7. The van der Waals surface area contributed by atoms with Crippen molar-refractivity contribution in [1.82, 2.24) is 10.6 Å². The second-order valence-electron chi connectivity index (χ2n) is 5.94. The number of hydrogen-bond donors (Lipinski definition) is 3. The summed E-state index contributed by atoms with van der Waals surface area (Å²) in [7, 11) is 0. The Kier molecular flexibility index (Phi) is 18.5. The van der Waals surface area contributed by atoms with Crippen LogP contribution in [0.1, 0.15) is 79.1 Å². The Morgan fingerprint density at radius 2 is 1.74 bits per heavy atom. The van der Waals surface area contributed by atoms with Gasteiger partial charge in [-0.25, -0.2) is 0 Å². The van der Waals surface area contributed by atoms with Crippen LogP contribution in [0.5, 0.6) is 0 Å². The Balaban J connectivity index is 0. The fourth-order valence-electron chi connectivity index (χ4n) is 2.11. The van der Waals surface area contributed by atoms with Gasteiger partial charge in [0.25, 0.3) is 0 Å². The summed E-state index contributed by atoms with van der Waals surface area (Å²) < 4.78 is 0. The van der Waals surface area contributed by atoms with Crippen LogP contribution in [-0.2, 0) is 4.79 Å². The average Bonchev–Trinajstić information content (AvgIpc) is 2.58. The highest BCUT2D eigenvalue weighted by atomic mass is 16.3. The third kappa shape index (κ3) is 17.3. The van der Waals surface area contributed by atoms with Crippen molar-refractivity contribution in [3.05, 3.63) is 12.8 Å². The monoisotopic (exact) mass is 328 g/mol. The first-order valence-electron chi connectivity index (χ1n) is 9.28. The summed E-state index contributed by atoms with van der Waals surface area (Å²) in [4.78, 5) is 10.7. The highest BCUT2D eigenvalue weighted by Crippen LogP contribution is 2.20. The number of hydrogen-bond acceptors (Lipinski definition) is 4. The smallest absolute Gasteiger partial charge is 0.132 e. The minimum absolute atomic E-state index is 0.339. The molecule has 0 aliphatic heterocycles. The molecule has 23 heavy (non-hydrogen) atoms. The number of carbonyl (C=O) groups is 1. The van der Waals surface area contributed by atoms with E-state index in [9.17, 15) is 9.90 Å². The predicted molar refractivity (Wildman–Crippen MR) is 101 cm³/mol. The van der Waals surface area contributed by atoms with Crippen LogP contribution in [0, 0.1) is 0 Å². The molecule has 0 fully saturated rings. The molecule has 0 amide bonds. The second-order valence-corrected chi connectivity index (χ2v) is 5.94. The summed E-state index contributed by atoms with van der Waals surface area (Å²) >= 11 is 0. The molecule has 0 bridgehead atoms. The van der Waals surface area contributed by atoms with Gasteiger partial charge in [-0.2, -0.15) is 0 Å². The zero-order valence-corrected chi connectivity index (χ0v) is 15.9. The van der Waals surface area contributed by atoms with Gasteiger partial charge in [0.1, 0.15) is 5.78 Å². The van der Waals surface area contributed by atoms with Crippen LogP contribution in [0.4, 0.5) is 0 Å². The van der Waals surface area contributed by atoms with Gasteiger partial charge in [0.15, 0.2) is 0 Å². The predicted octanol–water partition coefficient (Wildman–Crippen LogP) is 3.80. The first-order valence-corrected chi connectivity index (χ1v) is 9.28. The van der Waals surface area contributed by atoms with E-state index in [2.05, 4.69) is 38.0 Å². The molecule has 0 atom stereocenters. The lowest BCUT2D eigenvalue weighted by Crippen LogP contribution is -2.28. The van der Waals surface area contributed by atoms with Crippen molar-refractivity contribution in [1.29, 1.82) is 0 Å². The Bertz CT molecular complexity index is 277. The van der Waals surface area contributed by atoms with Crippen molar-refractivity contribution >= 4 is 5.78 Å². The van der Waals surface area contributed by atoms with Gasteiger partial charge in [0.05, 0.1) is 5.60 Å². The Morgan fingerprint density at radius 1 is 1.09 bits per heavy atom. The molecule has 4 nitrogen and oxygen atoms in total. The number of nitrogens with one attached hydrogen (secondary N) is 2. The highest BCUT2D eigenvalue weighted by molar-refractivity contribution is 5.77. The summed E-state index contributed by atoms with van der Waals surface area (Å²) in [6.45, 7) is 14.7. The summed E-state index contributed by atoms with van der Waals surface area (Å²) in [6.07, 6.45) is 8.86. The molecular weight excluding hydrogens is 288 g/mol.